The Balaban J connectivity index is 2.59. The topological polar surface area (TPSA) is 43.6 Å². The van der Waals surface area contributed by atoms with Gasteiger partial charge in [0.1, 0.15) is 12.0 Å². The third kappa shape index (κ3) is 1.40. The molecular weight excluding hydrogens is 188 g/mol. The molecule has 0 aliphatic rings. The SMILES string of the molecule is Cn1nccc1-c1ncncc1Cl. The van der Waals surface area contributed by atoms with Crippen LogP contribution in [0.1, 0.15) is 0 Å². The van der Waals surface area contributed by atoms with Crippen LogP contribution >= 0.6 is 11.6 Å². The Morgan fingerprint density at radius 2 is 2.31 bits per heavy atom. The molecule has 5 heteroatoms. The van der Waals surface area contributed by atoms with Gasteiger partial charge in [0.25, 0.3) is 0 Å². The predicted molar refractivity (Wildman–Crippen MR) is 49.2 cm³/mol. The van der Waals surface area contributed by atoms with Gasteiger partial charge >= 0.3 is 0 Å². The first-order chi connectivity index (χ1) is 6.29. The Bertz CT molecular complexity index is 424. The molecule has 0 amide bonds. The molecule has 0 aromatic carbocycles. The predicted octanol–water partition coefficient (Wildman–Crippen LogP) is 1.53. The maximum Gasteiger partial charge on any atom is 0.116 e. The lowest BCUT2D eigenvalue weighted by Gasteiger charge is -2.01. The van der Waals surface area contributed by atoms with Crippen LogP contribution in [0.5, 0.6) is 0 Å². The summed E-state index contributed by atoms with van der Waals surface area (Å²) in [4.78, 5) is 7.89. The largest absolute Gasteiger partial charge is 0.266 e. The second-order valence-electron chi connectivity index (χ2n) is 2.56. The van der Waals surface area contributed by atoms with Crippen LogP contribution in [0.15, 0.2) is 24.8 Å². The molecule has 0 aliphatic carbocycles. The molecule has 0 saturated heterocycles. The highest BCUT2D eigenvalue weighted by Crippen LogP contribution is 2.22. The van der Waals surface area contributed by atoms with Crippen LogP contribution in [0.2, 0.25) is 5.02 Å². The molecule has 2 rings (SSSR count). The lowest BCUT2D eigenvalue weighted by Crippen LogP contribution is -1.95. The molecule has 0 fully saturated rings. The van der Waals surface area contributed by atoms with Crippen molar-refractivity contribution < 1.29 is 0 Å². The van der Waals surface area contributed by atoms with Crippen molar-refractivity contribution in [2.24, 2.45) is 7.05 Å². The molecule has 0 radical (unpaired) electrons. The first-order valence-electron chi connectivity index (χ1n) is 3.73. The molecular formula is C8H7ClN4. The normalized spacial score (nSPS) is 10.3. The first kappa shape index (κ1) is 8.19. The number of halogens is 1. The highest BCUT2D eigenvalue weighted by molar-refractivity contribution is 6.32. The number of nitrogens with zero attached hydrogens (tertiary/aromatic N) is 4. The zero-order valence-corrected chi connectivity index (χ0v) is 7.73. The smallest absolute Gasteiger partial charge is 0.116 e. The minimum absolute atomic E-state index is 0.533. The molecule has 0 spiro atoms. The average molecular weight is 195 g/mol. The fourth-order valence-electron chi connectivity index (χ4n) is 1.11. The number of hydrogen-bond acceptors (Lipinski definition) is 3. The summed E-state index contributed by atoms with van der Waals surface area (Å²) in [6, 6.07) is 1.86. The molecule has 2 aromatic heterocycles. The fraction of sp³-hybridized carbons (Fsp3) is 0.125. The van der Waals surface area contributed by atoms with Gasteiger partial charge in [0, 0.05) is 19.4 Å². The number of hydrogen-bond donors (Lipinski definition) is 0. The van der Waals surface area contributed by atoms with Crippen LogP contribution < -0.4 is 0 Å². The highest BCUT2D eigenvalue weighted by atomic mass is 35.5. The molecule has 0 unspecified atom stereocenters. The molecule has 0 atom stereocenters. The summed E-state index contributed by atoms with van der Waals surface area (Å²) in [7, 11) is 1.84. The summed E-state index contributed by atoms with van der Waals surface area (Å²) in [6.07, 6.45) is 4.73. The lowest BCUT2D eigenvalue weighted by atomic mass is 10.3. The number of aromatic nitrogens is 4. The van der Waals surface area contributed by atoms with Crippen molar-refractivity contribution in [3.8, 4) is 11.4 Å². The fourth-order valence-corrected chi connectivity index (χ4v) is 1.31. The summed E-state index contributed by atoms with van der Waals surface area (Å²) in [6.45, 7) is 0. The Kier molecular flexibility index (Phi) is 1.98. The molecule has 66 valence electrons. The van der Waals surface area contributed by atoms with Crippen LogP contribution in [0.25, 0.3) is 11.4 Å². The molecule has 0 bridgehead atoms. The van der Waals surface area contributed by atoms with E-state index in [4.69, 9.17) is 11.6 Å². The van der Waals surface area contributed by atoms with Gasteiger partial charge in [-0.3, -0.25) is 4.68 Å². The van der Waals surface area contributed by atoms with Crippen molar-refractivity contribution in [3.05, 3.63) is 29.8 Å². The van der Waals surface area contributed by atoms with Crippen molar-refractivity contribution in [2.75, 3.05) is 0 Å². The van der Waals surface area contributed by atoms with Crippen molar-refractivity contribution >= 4 is 11.6 Å². The molecule has 2 aromatic rings. The van der Waals surface area contributed by atoms with Crippen LogP contribution in [-0.4, -0.2) is 19.7 Å². The van der Waals surface area contributed by atoms with Gasteiger partial charge in [-0.05, 0) is 6.07 Å². The maximum atomic E-state index is 5.92. The summed E-state index contributed by atoms with van der Waals surface area (Å²) < 4.78 is 1.72. The van der Waals surface area contributed by atoms with Crippen LogP contribution in [0, 0.1) is 0 Å². The van der Waals surface area contributed by atoms with Gasteiger partial charge in [-0.25, -0.2) is 9.97 Å². The van der Waals surface area contributed by atoms with Gasteiger partial charge in [0.15, 0.2) is 0 Å². The molecule has 4 nitrogen and oxygen atoms in total. The van der Waals surface area contributed by atoms with E-state index in [1.54, 1.807) is 17.1 Å². The van der Waals surface area contributed by atoms with Crippen molar-refractivity contribution in [3.63, 3.8) is 0 Å². The summed E-state index contributed by atoms with van der Waals surface area (Å²) in [5, 5.41) is 4.57. The van der Waals surface area contributed by atoms with E-state index in [1.807, 2.05) is 13.1 Å². The van der Waals surface area contributed by atoms with E-state index in [0.29, 0.717) is 10.7 Å². The molecule has 0 N–H and O–H groups in total. The second kappa shape index (κ2) is 3.14. The van der Waals surface area contributed by atoms with E-state index in [9.17, 15) is 0 Å². The standard InChI is InChI=1S/C8H7ClN4/c1-13-7(2-3-12-13)8-6(9)4-10-5-11-8/h2-5H,1H3. The highest BCUT2D eigenvalue weighted by Gasteiger charge is 2.07. The molecule has 2 heterocycles. The van der Waals surface area contributed by atoms with E-state index in [0.717, 1.165) is 5.69 Å². The van der Waals surface area contributed by atoms with E-state index >= 15 is 0 Å². The summed E-state index contributed by atoms with van der Waals surface area (Å²) in [5.74, 6) is 0. The first-order valence-corrected chi connectivity index (χ1v) is 4.10. The second-order valence-corrected chi connectivity index (χ2v) is 2.97. The van der Waals surface area contributed by atoms with E-state index < -0.39 is 0 Å². The zero-order chi connectivity index (χ0) is 9.26. The van der Waals surface area contributed by atoms with Gasteiger partial charge in [-0.15, -0.1) is 0 Å². The minimum Gasteiger partial charge on any atom is -0.266 e. The Morgan fingerprint density at radius 3 is 2.92 bits per heavy atom. The average Bonchev–Trinajstić information content (AvgIpc) is 2.52. The monoisotopic (exact) mass is 194 g/mol. The van der Waals surface area contributed by atoms with Crippen LogP contribution in [0.4, 0.5) is 0 Å². The quantitative estimate of drug-likeness (QED) is 0.692. The Labute approximate surface area is 80.2 Å². The summed E-state index contributed by atoms with van der Waals surface area (Å²) >= 11 is 5.92. The van der Waals surface area contributed by atoms with Gasteiger partial charge in [-0.1, -0.05) is 11.6 Å². The Hall–Kier alpha value is -1.42. The Morgan fingerprint density at radius 1 is 1.46 bits per heavy atom. The van der Waals surface area contributed by atoms with Gasteiger partial charge in [0.2, 0.25) is 0 Å². The number of rotatable bonds is 1. The third-order valence-electron chi connectivity index (χ3n) is 1.73. The lowest BCUT2D eigenvalue weighted by molar-refractivity contribution is 0.773. The number of aryl methyl sites for hydroxylation is 1. The zero-order valence-electron chi connectivity index (χ0n) is 6.98. The van der Waals surface area contributed by atoms with Gasteiger partial charge in [-0.2, -0.15) is 5.10 Å². The van der Waals surface area contributed by atoms with Crippen LogP contribution in [0.3, 0.4) is 0 Å². The third-order valence-corrected chi connectivity index (χ3v) is 2.01. The summed E-state index contributed by atoms with van der Waals surface area (Å²) in [5.41, 5.74) is 1.59. The van der Waals surface area contributed by atoms with Crippen LogP contribution in [-0.2, 0) is 7.05 Å². The van der Waals surface area contributed by atoms with Crippen molar-refractivity contribution in [1.82, 2.24) is 19.7 Å². The van der Waals surface area contributed by atoms with Crippen molar-refractivity contribution in [1.29, 1.82) is 0 Å². The van der Waals surface area contributed by atoms with E-state index in [-0.39, 0.29) is 0 Å². The van der Waals surface area contributed by atoms with Gasteiger partial charge < -0.3 is 0 Å². The van der Waals surface area contributed by atoms with E-state index in [2.05, 4.69) is 15.1 Å². The van der Waals surface area contributed by atoms with Crippen molar-refractivity contribution in [2.45, 2.75) is 0 Å². The molecule has 0 saturated carbocycles. The maximum absolute atomic E-state index is 5.92. The van der Waals surface area contributed by atoms with E-state index in [1.165, 1.54) is 6.33 Å². The van der Waals surface area contributed by atoms with Gasteiger partial charge in [0.05, 0.1) is 10.7 Å². The molecule has 0 aliphatic heterocycles. The minimum atomic E-state index is 0.533. The molecule has 13 heavy (non-hydrogen) atoms.